The average molecular weight is 668 g/mol. The molecule has 1 aliphatic heterocycles. The van der Waals surface area contributed by atoms with Crippen molar-refractivity contribution in [1.29, 1.82) is 0 Å². The number of ether oxygens (including phenoxy) is 2. The first-order valence-electron chi connectivity index (χ1n) is 15.9. The molecule has 2 amide bonds. The number of aromatic nitrogens is 3. The van der Waals surface area contributed by atoms with Gasteiger partial charge in [0.2, 0.25) is 5.91 Å². The van der Waals surface area contributed by atoms with Crippen molar-refractivity contribution in [3.63, 3.8) is 0 Å². The van der Waals surface area contributed by atoms with Crippen molar-refractivity contribution >= 4 is 34.5 Å². The summed E-state index contributed by atoms with van der Waals surface area (Å²) in [6.07, 6.45) is 3.04. The first-order chi connectivity index (χ1) is 23.7. The molecule has 1 unspecified atom stereocenters. The summed E-state index contributed by atoms with van der Waals surface area (Å²) in [6.45, 7) is 1.58. The van der Waals surface area contributed by atoms with Gasteiger partial charge < -0.3 is 40.0 Å². The monoisotopic (exact) mass is 667 g/mol. The predicted octanol–water partition coefficient (Wildman–Crippen LogP) is 5.27. The van der Waals surface area contributed by atoms with Gasteiger partial charge in [-0.05, 0) is 71.5 Å². The van der Waals surface area contributed by atoms with Gasteiger partial charge >= 0.3 is 6.09 Å². The first kappa shape index (κ1) is 33.1. The molecule has 4 N–H and O–H groups in total. The van der Waals surface area contributed by atoms with Gasteiger partial charge in [0.05, 0.1) is 39.8 Å². The lowest BCUT2D eigenvalue weighted by atomic mass is 9.87. The maximum absolute atomic E-state index is 14.3. The SMILES string of the molecule is CNC(=O)C1(NC(=O)O)CCCN(c2ccc(-c3cccc(F)c3)cc2Cn2cnc3c(NCc4ccc(OC)cc4)ncc(OC)c32)C1. The summed E-state index contributed by atoms with van der Waals surface area (Å²) >= 11 is 0. The minimum atomic E-state index is -1.33. The molecule has 12 nitrogen and oxygen atoms in total. The Morgan fingerprint density at radius 3 is 2.53 bits per heavy atom. The van der Waals surface area contributed by atoms with E-state index in [2.05, 4.69) is 20.9 Å². The molecule has 2 aromatic heterocycles. The van der Waals surface area contributed by atoms with Crippen LogP contribution in [0.5, 0.6) is 11.5 Å². The van der Waals surface area contributed by atoms with Crippen molar-refractivity contribution in [2.75, 3.05) is 44.6 Å². The fourth-order valence-corrected chi connectivity index (χ4v) is 6.49. The maximum Gasteiger partial charge on any atom is 0.405 e. The van der Waals surface area contributed by atoms with Crippen LogP contribution < -0.4 is 30.3 Å². The van der Waals surface area contributed by atoms with E-state index in [1.54, 1.807) is 32.8 Å². The summed E-state index contributed by atoms with van der Waals surface area (Å²) in [5.41, 5.74) is 4.23. The summed E-state index contributed by atoms with van der Waals surface area (Å²) in [7, 11) is 4.71. The Labute approximate surface area is 282 Å². The Kier molecular flexibility index (Phi) is 9.51. The summed E-state index contributed by atoms with van der Waals surface area (Å²) in [5.74, 6) is 1.15. The molecule has 0 bridgehead atoms. The molecular weight excluding hydrogens is 629 g/mol. The van der Waals surface area contributed by atoms with Crippen molar-refractivity contribution in [2.45, 2.75) is 31.5 Å². The molecule has 49 heavy (non-hydrogen) atoms. The van der Waals surface area contributed by atoms with E-state index in [-0.39, 0.29) is 12.4 Å². The third-order valence-corrected chi connectivity index (χ3v) is 8.86. The van der Waals surface area contributed by atoms with Gasteiger partial charge in [-0.2, -0.15) is 0 Å². The van der Waals surface area contributed by atoms with Gasteiger partial charge in [-0.25, -0.2) is 19.2 Å². The number of nitrogens with one attached hydrogen (secondary N) is 3. The fraction of sp³-hybridized carbons (Fsp3) is 0.278. The van der Waals surface area contributed by atoms with Crippen molar-refractivity contribution < 1.29 is 28.6 Å². The minimum absolute atomic E-state index is 0.128. The molecule has 0 saturated carbocycles. The fourth-order valence-electron chi connectivity index (χ4n) is 6.49. The number of benzene rings is 3. The number of carboxylic acid groups (broad SMARTS) is 1. The van der Waals surface area contributed by atoms with Crippen LogP contribution in [0, 0.1) is 5.82 Å². The molecule has 0 radical (unpaired) electrons. The van der Waals surface area contributed by atoms with Crippen LogP contribution in [0.25, 0.3) is 22.2 Å². The summed E-state index contributed by atoms with van der Waals surface area (Å²) < 4.78 is 27.3. The van der Waals surface area contributed by atoms with Crippen LogP contribution in [0.15, 0.2) is 79.3 Å². The Balaban J connectivity index is 1.39. The smallest absolute Gasteiger partial charge is 0.405 e. The second-order valence-electron chi connectivity index (χ2n) is 11.9. The molecule has 1 atom stereocenters. The average Bonchev–Trinajstić information content (AvgIpc) is 3.54. The topological polar surface area (TPSA) is 143 Å². The van der Waals surface area contributed by atoms with E-state index in [0.717, 1.165) is 33.6 Å². The number of methoxy groups -OCH3 is 2. The van der Waals surface area contributed by atoms with Crippen molar-refractivity contribution in [1.82, 2.24) is 25.2 Å². The largest absolute Gasteiger partial charge is 0.497 e. The summed E-state index contributed by atoms with van der Waals surface area (Å²) in [6, 6.07) is 20.0. The highest BCUT2D eigenvalue weighted by atomic mass is 19.1. The number of carbonyl (C=O) groups excluding carboxylic acids is 1. The van der Waals surface area contributed by atoms with Crippen LogP contribution in [0.3, 0.4) is 0 Å². The molecular formula is C36H38FN7O5. The molecule has 6 rings (SSSR count). The number of nitrogens with zero attached hydrogens (tertiary/aromatic N) is 4. The Bertz CT molecular complexity index is 1980. The Hall–Kier alpha value is -5.85. The highest BCUT2D eigenvalue weighted by Crippen LogP contribution is 2.35. The highest BCUT2D eigenvalue weighted by molar-refractivity contribution is 5.91. The number of carbonyl (C=O) groups is 2. The highest BCUT2D eigenvalue weighted by Gasteiger charge is 2.43. The van der Waals surface area contributed by atoms with Crippen LogP contribution in [0.4, 0.5) is 20.7 Å². The molecule has 254 valence electrons. The number of fused-ring (bicyclic) bond motifs is 1. The lowest BCUT2D eigenvalue weighted by molar-refractivity contribution is -0.127. The third-order valence-electron chi connectivity index (χ3n) is 8.86. The molecule has 1 fully saturated rings. The normalized spacial score (nSPS) is 15.9. The van der Waals surface area contributed by atoms with E-state index in [0.29, 0.717) is 55.1 Å². The van der Waals surface area contributed by atoms with Crippen LogP contribution >= 0.6 is 0 Å². The summed E-state index contributed by atoms with van der Waals surface area (Å²) in [5, 5.41) is 18.2. The van der Waals surface area contributed by atoms with Crippen LogP contribution in [-0.4, -0.2) is 71.5 Å². The summed E-state index contributed by atoms with van der Waals surface area (Å²) in [4.78, 5) is 36.3. The number of piperidine rings is 1. The number of rotatable bonds is 11. The predicted molar refractivity (Wildman–Crippen MR) is 185 cm³/mol. The van der Waals surface area contributed by atoms with Gasteiger partial charge in [0.25, 0.3) is 0 Å². The van der Waals surface area contributed by atoms with E-state index < -0.39 is 17.5 Å². The number of amides is 2. The quantitative estimate of drug-likeness (QED) is 0.148. The Morgan fingerprint density at radius 1 is 1.02 bits per heavy atom. The van der Waals surface area contributed by atoms with Crippen molar-refractivity contribution in [3.8, 4) is 22.6 Å². The number of hydrogen-bond acceptors (Lipinski definition) is 8. The van der Waals surface area contributed by atoms with Gasteiger partial charge in [0, 0.05) is 25.8 Å². The second kappa shape index (κ2) is 14.1. The number of anilines is 2. The molecule has 5 aromatic rings. The van der Waals surface area contributed by atoms with Crippen molar-refractivity contribution in [2.24, 2.45) is 0 Å². The minimum Gasteiger partial charge on any atom is -0.497 e. The first-order valence-corrected chi connectivity index (χ1v) is 15.9. The molecule has 1 aliphatic rings. The van der Waals surface area contributed by atoms with Crippen LogP contribution in [-0.2, 0) is 17.9 Å². The molecule has 0 spiro atoms. The van der Waals surface area contributed by atoms with E-state index in [1.807, 2.05) is 58.0 Å². The van der Waals surface area contributed by atoms with Crippen LogP contribution in [0.2, 0.25) is 0 Å². The maximum atomic E-state index is 14.3. The number of halogens is 1. The zero-order valence-electron chi connectivity index (χ0n) is 27.5. The Morgan fingerprint density at radius 2 is 1.82 bits per heavy atom. The molecule has 0 aliphatic carbocycles. The number of imidazole rings is 1. The number of pyridine rings is 1. The van der Waals surface area contributed by atoms with Gasteiger partial charge in [0.1, 0.15) is 28.1 Å². The third kappa shape index (κ3) is 6.91. The molecule has 3 aromatic carbocycles. The van der Waals surface area contributed by atoms with Gasteiger partial charge in [-0.1, -0.05) is 30.3 Å². The second-order valence-corrected chi connectivity index (χ2v) is 11.9. The zero-order valence-corrected chi connectivity index (χ0v) is 27.5. The van der Waals surface area contributed by atoms with Gasteiger partial charge in [-0.3, -0.25) is 4.79 Å². The van der Waals surface area contributed by atoms with Crippen molar-refractivity contribution in [3.05, 3.63) is 96.2 Å². The van der Waals surface area contributed by atoms with E-state index >= 15 is 0 Å². The molecule has 13 heteroatoms. The van der Waals surface area contributed by atoms with E-state index in [1.165, 1.54) is 19.2 Å². The number of likely N-dealkylation sites (N-methyl/N-ethyl adjacent to an activating group) is 1. The van der Waals surface area contributed by atoms with Gasteiger partial charge in [0.15, 0.2) is 11.6 Å². The zero-order chi connectivity index (χ0) is 34.5. The van der Waals surface area contributed by atoms with Gasteiger partial charge in [-0.15, -0.1) is 0 Å². The van der Waals surface area contributed by atoms with Crippen LogP contribution in [0.1, 0.15) is 24.0 Å². The van der Waals surface area contributed by atoms with E-state index in [9.17, 15) is 19.1 Å². The molecule has 3 heterocycles. The molecule has 1 saturated heterocycles. The lowest BCUT2D eigenvalue weighted by Crippen LogP contribution is -2.65. The standard InChI is InChI=1S/C36H38FN7O5/c1-38-34(45)36(42-35(46)47)14-5-15-43(21-36)29-13-10-25(24-6-4-7-27(37)17-24)16-26(29)20-44-22-41-31-32(44)30(49-3)19-40-33(31)39-18-23-8-11-28(48-2)12-9-23/h4,6-13,16-17,19,22,42H,5,14-15,18,20-21H2,1-3H3,(H,38,45)(H,39,40)(H,46,47). The van der Waals surface area contributed by atoms with E-state index in [4.69, 9.17) is 14.5 Å². The number of hydrogen-bond donors (Lipinski definition) is 4. The lowest BCUT2D eigenvalue weighted by Gasteiger charge is -2.42.